The van der Waals surface area contributed by atoms with Crippen molar-refractivity contribution in [1.29, 1.82) is 0 Å². The highest BCUT2D eigenvalue weighted by Gasteiger charge is 2.19. The van der Waals surface area contributed by atoms with Gasteiger partial charge in [-0.3, -0.25) is 0 Å². The zero-order valence-corrected chi connectivity index (χ0v) is 10.7. The monoisotopic (exact) mass is 221 g/mol. The second-order valence-corrected chi connectivity index (χ2v) is 5.42. The van der Waals surface area contributed by atoms with Gasteiger partial charge in [0.05, 0.1) is 0 Å². The minimum absolute atomic E-state index is 0.0496. The standard InChI is InChI=1S/C14H23NO/c1-5-6-12(15)10-7-8-13(16)11(9-10)14(2,3)4/h7-9,12,16H,5-6,15H2,1-4H3. The van der Waals surface area contributed by atoms with E-state index in [2.05, 4.69) is 27.7 Å². The molecule has 0 aliphatic rings. The van der Waals surface area contributed by atoms with Crippen LogP contribution in [0.25, 0.3) is 0 Å². The summed E-state index contributed by atoms with van der Waals surface area (Å²) < 4.78 is 0. The summed E-state index contributed by atoms with van der Waals surface area (Å²) >= 11 is 0. The minimum Gasteiger partial charge on any atom is -0.508 e. The van der Waals surface area contributed by atoms with E-state index < -0.39 is 0 Å². The fraction of sp³-hybridized carbons (Fsp3) is 0.571. The third-order valence-electron chi connectivity index (χ3n) is 2.86. The Morgan fingerprint density at radius 2 is 1.94 bits per heavy atom. The van der Waals surface area contributed by atoms with Crippen molar-refractivity contribution in [3.8, 4) is 5.75 Å². The molecule has 3 N–H and O–H groups in total. The van der Waals surface area contributed by atoms with Crippen LogP contribution in [0.2, 0.25) is 0 Å². The lowest BCUT2D eigenvalue weighted by Gasteiger charge is -2.22. The van der Waals surface area contributed by atoms with Gasteiger partial charge in [-0.25, -0.2) is 0 Å². The van der Waals surface area contributed by atoms with Crippen LogP contribution in [0.15, 0.2) is 18.2 Å². The zero-order chi connectivity index (χ0) is 12.3. The fourth-order valence-corrected chi connectivity index (χ4v) is 1.86. The minimum atomic E-state index is -0.0496. The molecule has 1 atom stereocenters. The molecule has 90 valence electrons. The number of nitrogens with two attached hydrogens (primary N) is 1. The van der Waals surface area contributed by atoms with Crippen molar-refractivity contribution in [1.82, 2.24) is 0 Å². The molecule has 0 aliphatic heterocycles. The van der Waals surface area contributed by atoms with Crippen LogP contribution >= 0.6 is 0 Å². The van der Waals surface area contributed by atoms with Crippen LogP contribution in [-0.4, -0.2) is 5.11 Å². The Balaban J connectivity index is 3.07. The molecule has 0 saturated carbocycles. The molecule has 0 saturated heterocycles. The summed E-state index contributed by atoms with van der Waals surface area (Å²) in [6.45, 7) is 8.41. The van der Waals surface area contributed by atoms with Gasteiger partial charge in [0.2, 0.25) is 0 Å². The van der Waals surface area contributed by atoms with Gasteiger partial charge >= 0.3 is 0 Å². The molecular formula is C14H23NO. The van der Waals surface area contributed by atoms with Crippen molar-refractivity contribution >= 4 is 0 Å². The molecule has 2 nitrogen and oxygen atoms in total. The molecule has 16 heavy (non-hydrogen) atoms. The molecule has 1 aromatic carbocycles. The van der Waals surface area contributed by atoms with E-state index in [1.165, 1.54) is 0 Å². The van der Waals surface area contributed by atoms with Crippen LogP contribution in [0.5, 0.6) is 5.75 Å². The van der Waals surface area contributed by atoms with E-state index in [1.54, 1.807) is 6.07 Å². The van der Waals surface area contributed by atoms with Gasteiger partial charge in [0.1, 0.15) is 5.75 Å². The number of benzene rings is 1. The summed E-state index contributed by atoms with van der Waals surface area (Å²) in [5, 5.41) is 9.84. The second-order valence-electron chi connectivity index (χ2n) is 5.42. The predicted octanol–water partition coefficient (Wildman–Crippen LogP) is 3.49. The third kappa shape index (κ3) is 2.99. The summed E-state index contributed by atoms with van der Waals surface area (Å²) in [6, 6.07) is 5.79. The van der Waals surface area contributed by atoms with Crippen molar-refractivity contribution in [2.45, 2.75) is 52.0 Å². The Bertz CT molecular complexity index is 352. The van der Waals surface area contributed by atoms with Gasteiger partial charge in [-0.1, -0.05) is 46.2 Å². The van der Waals surface area contributed by atoms with Crippen LogP contribution in [0, 0.1) is 0 Å². The van der Waals surface area contributed by atoms with Gasteiger partial charge in [-0.15, -0.1) is 0 Å². The maximum Gasteiger partial charge on any atom is 0.119 e. The van der Waals surface area contributed by atoms with Crippen molar-refractivity contribution in [2.75, 3.05) is 0 Å². The molecule has 0 spiro atoms. The Morgan fingerprint density at radius 3 is 2.44 bits per heavy atom. The predicted molar refractivity (Wildman–Crippen MR) is 68.6 cm³/mol. The van der Waals surface area contributed by atoms with Crippen molar-refractivity contribution in [3.05, 3.63) is 29.3 Å². The fourth-order valence-electron chi connectivity index (χ4n) is 1.86. The smallest absolute Gasteiger partial charge is 0.119 e. The molecule has 1 aromatic rings. The quantitative estimate of drug-likeness (QED) is 0.820. The highest BCUT2D eigenvalue weighted by Crippen LogP contribution is 2.32. The van der Waals surface area contributed by atoms with E-state index in [0.717, 1.165) is 24.0 Å². The first kappa shape index (κ1) is 13.0. The Labute approximate surface area is 98.5 Å². The van der Waals surface area contributed by atoms with Gasteiger partial charge in [0.25, 0.3) is 0 Å². The molecule has 0 amide bonds. The van der Waals surface area contributed by atoms with Gasteiger partial charge in [0.15, 0.2) is 0 Å². The number of hydrogen-bond donors (Lipinski definition) is 2. The lowest BCUT2D eigenvalue weighted by Crippen LogP contribution is -2.15. The topological polar surface area (TPSA) is 46.2 Å². The lowest BCUT2D eigenvalue weighted by atomic mass is 9.84. The molecule has 1 unspecified atom stereocenters. The average Bonchev–Trinajstić information content (AvgIpc) is 2.16. The van der Waals surface area contributed by atoms with Crippen molar-refractivity contribution in [2.24, 2.45) is 5.73 Å². The van der Waals surface area contributed by atoms with E-state index >= 15 is 0 Å². The zero-order valence-electron chi connectivity index (χ0n) is 10.7. The van der Waals surface area contributed by atoms with E-state index in [0.29, 0.717) is 5.75 Å². The first-order valence-corrected chi connectivity index (χ1v) is 5.95. The van der Waals surface area contributed by atoms with Gasteiger partial charge < -0.3 is 10.8 Å². The number of aromatic hydroxyl groups is 1. The Kier molecular flexibility index (Phi) is 3.98. The van der Waals surface area contributed by atoms with E-state index in [-0.39, 0.29) is 11.5 Å². The van der Waals surface area contributed by atoms with Crippen LogP contribution in [0.3, 0.4) is 0 Å². The molecule has 2 heteroatoms. The number of phenols is 1. The molecule has 0 aliphatic carbocycles. The maximum atomic E-state index is 9.84. The van der Waals surface area contributed by atoms with Crippen LogP contribution in [-0.2, 0) is 5.41 Å². The van der Waals surface area contributed by atoms with E-state index in [4.69, 9.17) is 5.73 Å². The molecule has 0 aromatic heterocycles. The lowest BCUT2D eigenvalue weighted by molar-refractivity contribution is 0.445. The first-order chi connectivity index (χ1) is 7.36. The molecule has 1 rings (SSSR count). The Morgan fingerprint density at radius 1 is 1.31 bits per heavy atom. The summed E-state index contributed by atoms with van der Waals surface area (Å²) in [5.74, 6) is 0.361. The van der Waals surface area contributed by atoms with E-state index in [1.807, 2.05) is 12.1 Å². The van der Waals surface area contributed by atoms with Crippen molar-refractivity contribution < 1.29 is 5.11 Å². The van der Waals surface area contributed by atoms with Crippen molar-refractivity contribution in [3.63, 3.8) is 0 Å². The van der Waals surface area contributed by atoms with E-state index in [9.17, 15) is 5.11 Å². The summed E-state index contributed by atoms with van der Waals surface area (Å²) in [7, 11) is 0. The maximum absolute atomic E-state index is 9.84. The van der Waals surface area contributed by atoms with Gasteiger partial charge in [-0.05, 0) is 29.0 Å². The normalized spacial score (nSPS) is 13.8. The largest absolute Gasteiger partial charge is 0.508 e. The summed E-state index contributed by atoms with van der Waals surface area (Å²) in [4.78, 5) is 0. The Hall–Kier alpha value is -1.02. The highest BCUT2D eigenvalue weighted by atomic mass is 16.3. The van der Waals surface area contributed by atoms with Crippen LogP contribution in [0.1, 0.15) is 57.7 Å². The third-order valence-corrected chi connectivity index (χ3v) is 2.86. The second kappa shape index (κ2) is 4.88. The number of hydrogen-bond acceptors (Lipinski definition) is 2. The van der Waals surface area contributed by atoms with Crippen LogP contribution < -0.4 is 5.73 Å². The number of phenolic OH excluding ortho intramolecular Hbond substituents is 1. The molecule has 0 bridgehead atoms. The molecule has 0 radical (unpaired) electrons. The summed E-state index contributed by atoms with van der Waals surface area (Å²) in [6.07, 6.45) is 2.06. The number of rotatable bonds is 3. The van der Waals surface area contributed by atoms with Crippen LogP contribution in [0.4, 0.5) is 0 Å². The summed E-state index contributed by atoms with van der Waals surface area (Å²) in [5.41, 5.74) is 8.12. The van der Waals surface area contributed by atoms with Gasteiger partial charge in [0, 0.05) is 6.04 Å². The first-order valence-electron chi connectivity index (χ1n) is 5.95. The molecule has 0 fully saturated rings. The molecular weight excluding hydrogens is 198 g/mol. The van der Waals surface area contributed by atoms with Gasteiger partial charge in [-0.2, -0.15) is 0 Å². The molecule has 0 heterocycles. The SMILES string of the molecule is CCCC(N)c1ccc(O)c(C(C)(C)C)c1. The average molecular weight is 221 g/mol. The highest BCUT2D eigenvalue weighted by molar-refractivity contribution is 5.41.